The monoisotopic (exact) mass is 338 g/mol. The molecule has 0 fully saturated rings. The first kappa shape index (κ1) is 16.4. The summed E-state index contributed by atoms with van der Waals surface area (Å²) in [5, 5.41) is 5.98. The molecule has 0 aliphatic rings. The van der Waals surface area contributed by atoms with Crippen LogP contribution in [0.1, 0.15) is 5.56 Å². The van der Waals surface area contributed by atoms with Gasteiger partial charge < -0.3 is 15.5 Å². The number of aldehydes is 1. The van der Waals surface area contributed by atoms with Crippen LogP contribution >= 0.6 is 15.9 Å². The minimum atomic E-state index is 0.247. The third-order valence-electron chi connectivity index (χ3n) is 2.27. The van der Waals surface area contributed by atoms with Crippen molar-refractivity contribution in [3.8, 4) is 0 Å². The number of rotatable bonds is 6. The van der Waals surface area contributed by atoms with Crippen molar-refractivity contribution in [2.45, 2.75) is 6.54 Å². The number of benzene rings is 1. The lowest BCUT2D eigenvalue weighted by Crippen LogP contribution is -2.22. The van der Waals surface area contributed by atoms with Crippen LogP contribution in [0.4, 0.5) is 5.69 Å². The number of nitrogens with one attached hydrogen (secondary N) is 2. The maximum absolute atomic E-state index is 11.1. The molecule has 0 unspecified atom stereocenters. The first-order chi connectivity index (χ1) is 9.55. The standard InChI is InChI=1S/C14H19BrN4O/c1-16-8-11-5-4-6-12(7-11)17-14(10-20)18-13(15)9-19(2)3/h4-7,9-10,16H,8H2,1-3H3,(H,17,18)/b13-9-. The number of aliphatic imine (C=N–C) groups is 1. The number of carbonyl (C=O) groups excluding carboxylic acids is 1. The van der Waals surface area contributed by atoms with Gasteiger partial charge in [0.15, 0.2) is 12.1 Å². The Morgan fingerprint density at radius 2 is 2.20 bits per heavy atom. The van der Waals surface area contributed by atoms with Crippen molar-refractivity contribution in [3.05, 3.63) is 40.6 Å². The van der Waals surface area contributed by atoms with E-state index >= 15 is 0 Å². The van der Waals surface area contributed by atoms with Gasteiger partial charge in [0.25, 0.3) is 0 Å². The molecule has 1 aromatic rings. The molecule has 108 valence electrons. The Labute approximate surface area is 127 Å². The lowest BCUT2D eigenvalue weighted by Gasteiger charge is -2.08. The van der Waals surface area contributed by atoms with Gasteiger partial charge in [-0.15, -0.1) is 0 Å². The molecule has 1 rings (SSSR count). The highest BCUT2D eigenvalue weighted by molar-refractivity contribution is 9.11. The molecule has 0 bridgehead atoms. The quantitative estimate of drug-likeness (QED) is 0.360. The van der Waals surface area contributed by atoms with Gasteiger partial charge in [0.2, 0.25) is 0 Å². The number of halogens is 1. The zero-order chi connectivity index (χ0) is 15.0. The summed E-state index contributed by atoms with van der Waals surface area (Å²) in [5.74, 6) is 0.247. The van der Waals surface area contributed by atoms with Crippen molar-refractivity contribution >= 4 is 33.7 Å². The average molecular weight is 339 g/mol. The van der Waals surface area contributed by atoms with E-state index < -0.39 is 0 Å². The van der Waals surface area contributed by atoms with Crippen LogP contribution in [-0.4, -0.2) is 38.2 Å². The van der Waals surface area contributed by atoms with Crippen molar-refractivity contribution < 1.29 is 4.79 Å². The molecule has 0 saturated carbocycles. The summed E-state index contributed by atoms with van der Waals surface area (Å²) in [6.45, 7) is 0.761. The Kier molecular flexibility index (Phi) is 6.97. The van der Waals surface area contributed by atoms with Crippen LogP contribution in [0.15, 0.2) is 40.1 Å². The predicted octanol–water partition coefficient (Wildman–Crippen LogP) is 1.98. The van der Waals surface area contributed by atoms with E-state index in [1.807, 2.05) is 50.3 Å². The first-order valence-electron chi connectivity index (χ1n) is 6.13. The van der Waals surface area contributed by atoms with Crippen molar-refractivity contribution in [3.63, 3.8) is 0 Å². The van der Waals surface area contributed by atoms with Gasteiger partial charge in [0.05, 0.1) is 10.3 Å². The van der Waals surface area contributed by atoms with Crippen molar-refractivity contribution in [1.82, 2.24) is 15.5 Å². The normalized spacial score (nSPS) is 12.2. The van der Waals surface area contributed by atoms with Gasteiger partial charge in [-0.05, 0) is 40.7 Å². The molecule has 5 nitrogen and oxygen atoms in total. The molecule has 0 aliphatic heterocycles. The van der Waals surface area contributed by atoms with Crippen LogP contribution < -0.4 is 10.6 Å². The van der Waals surface area contributed by atoms with E-state index in [2.05, 4.69) is 31.6 Å². The second-order valence-electron chi connectivity index (χ2n) is 4.38. The Morgan fingerprint density at radius 3 is 2.80 bits per heavy atom. The zero-order valence-corrected chi connectivity index (χ0v) is 13.4. The lowest BCUT2D eigenvalue weighted by molar-refractivity contribution is -0.102. The molecule has 2 N–H and O–H groups in total. The number of carbonyl (C=O) groups is 1. The number of hydrogen-bond acceptors (Lipinski definition) is 4. The minimum absolute atomic E-state index is 0.247. The van der Waals surface area contributed by atoms with Crippen molar-refractivity contribution in [2.75, 3.05) is 21.1 Å². The number of nitrogens with zero attached hydrogens (tertiary/aromatic N) is 2. The smallest absolute Gasteiger partial charge is 0.185 e. The summed E-state index contributed by atoms with van der Waals surface area (Å²) >= 11 is 3.33. The summed E-state index contributed by atoms with van der Waals surface area (Å²) < 4.78 is 0.666. The number of hydrogen-bond donors (Lipinski definition) is 2. The molecular weight excluding hydrogens is 320 g/mol. The Bertz CT molecular complexity index is 512. The summed E-state index contributed by atoms with van der Waals surface area (Å²) in [4.78, 5) is 17.2. The highest BCUT2D eigenvalue weighted by atomic mass is 79.9. The zero-order valence-electron chi connectivity index (χ0n) is 11.9. The second kappa shape index (κ2) is 8.50. The van der Waals surface area contributed by atoms with Gasteiger partial charge in [0, 0.05) is 26.8 Å². The van der Waals surface area contributed by atoms with Crippen LogP contribution in [0.3, 0.4) is 0 Å². The van der Waals surface area contributed by atoms with Crippen LogP contribution in [0.25, 0.3) is 0 Å². The molecular formula is C14H19BrN4O. The second-order valence-corrected chi connectivity index (χ2v) is 5.24. The Hall–Kier alpha value is -1.66. The Balaban J connectivity index is 2.88. The molecule has 0 radical (unpaired) electrons. The molecule has 0 amide bonds. The van der Waals surface area contributed by atoms with E-state index in [-0.39, 0.29) is 5.84 Å². The largest absolute Gasteiger partial charge is 0.381 e. The summed E-state index contributed by atoms with van der Waals surface area (Å²) in [6, 6.07) is 7.71. The summed E-state index contributed by atoms with van der Waals surface area (Å²) in [6.07, 6.45) is 2.49. The highest BCUT2D eigenvalue weighted by Gasteiger charge is 2.01. The third kappa shape index (κ3) is 5.99. The maximum atomic E-state index is 11.1. The molecule has 0 atom stereocenters. The highest BCUT2D eigenvalue weighted by Crippen LogP contribution is 2.14. The predicted molar refractivity (Wildman–Crippen MR) is 86.2 cm³/mol. The summed E-state index contributed by atoms with van der Waals surface area (Å²) in [7, 11) is 5.67. The molecule has 20 heavy (non-hydrogen) atoms. The Morgan fingerprint density at radius 1 is 1.45 bits per heavy atom. The first-order valence-corrected chi connectivity index (χ1v) is 6.92. The van der Waals surface area contributed by atoms with E-state index in [0.717, 1.165) is 17.8 Å². The fraction of sp³-hybridized carbons (Fsp3) is 0.286. The fourth-order valence-electron chi connectivity index (χ4n) is 1.54. The molecule has 0 spiro atoms. The molecule has 1 aromatic carbocycles. The van der Waals surface area contributed by atoms with Gasteiger partial charge in [-0.2, -0.15) is 0 Å². The minimum Gasteiger partial charge on any atom is -0.381 e. The lowest BCUT2D eigenvalue weighted by atomic mass is 10.2. The van der Waals surface area contributed by atoms with Gasteiger partial charge >= 0.3 is 0 Å². The molecule has 6 heteroatoms. The maximum Gasteiger partial charge on any atom is 0.185 e. The van der Waals surface area contributed by atoms with Gasteiger partial charge in [-0.1, -0.05) is 12.1 Å². The molecule has 0 aromatic heterocycles. The topological polar surface area (TPSA) is 56.7 Å². The van der Waals surface area contributed by atoms with Crippen molar-refractivity contribution in [2.24, 2.45) is 4.99 Å². The van der Waals surface area contributed by atoms with Crippen LogP contribution in [0.2, 0.25) is 0 Å². The fourth-order valence-corrected chi connectivity index (χ4v) is 2.16. The molecule has 0 heterocycles. The van der Waals surface area contributed by atoms with Crippen LogP contribution in [0.5, 0.6) is 0 Å². The van der Waals surface area contributed by atoms with Crippen LogP contribution in [-0.2, 0) is 11.3 Å². The summed E-state index contributed by atoms with van der Waals surface area (Å²) in [5.41, 5.74) is 1.85. The third-order valence-corrected chi connectivity index (χ3v) is 2.67. The SMILES string of the molecule is CNCc1cccc(N=C(C=O)N/C(Br)=C\N(C)C)c1. The van der Waals surface area contributed by atoms with Crippen LogP contribution in [0, 0.1) is 0 Å². The van der Waals surface area contributed by atoms with Gasteiger partial charge in [-0.25, -0.2) is 4.99 Å². The molecule has 0 saturated heterocycles. The average Bonchev–Trinajstić information content (AvgIpc) is 2.37. The van der Waals surface area contributed by atoms with E-state index in [1.165, 1.54) is 0 Å². The van der Waals surface area contributed by atoms with E-state index in [1.54, 1.807) is 6.20 Å². The van der Waals surface area contributed by atoms with Gasteiger partial charge in [0.1, 0.15) is 0 Å². The van der Waals surface area contributed by atoms with E-state index in [0.29, 0.717) is 10.9 Å². The number of amidine groups is 1. The van der Waals surface area contributed by atoms with Gasteiger partial charge in [-0.3, -0.25) is 4.79 Å². The van der Waals surface area contributed by atoms with E-state index in [9.17, 15) is 4.79 Å². The van der Waals surface area contributed by atoms with E-state index in [4.69, 9.17) is 0 Å². The molecule has 0 aliphatic carbocycles. The van der Waals surface area contributed by atoms with Crippen molar-refractivity contribution in [1.29, 1.82) is 0 Å².